The molecule has 1 aliphatic rings. The van der Waals surface area contributed by atoms with Crippen LogP contribution in [0.25, 0.3) is 0 Å². The Morgan fingerprint density at radius 3 is 2.47 bits per heavy atom. The highest BCUT2D eigenvalue weighted by Gasteiger charge is 2.32. The summed E-state index contributed by atoms with van der Waals surface area (Å²) in [4.78, 5) is 14.0. The van der Waals surface area contributed by atoms with Gasteiger partial charge in [-0.25, -0.2) is 0 Å². The van der Waals surface area contributed by atoms with Crippen molar-refractivity contribution >= 4 is 5.91 Å². The molecular formula is C14H28N2O. The first kappa shape index (κ1) is 14.5. The molecule has 3 nitrogen and oxygen atoms in total. The van der Waals surface area contributed by atoms with E-state index in [0.717, 1.165) is 19.6 Å². The molecule has 1 amide bonds. The third-order valence-electron chi connectivity index (χ3n) is 3.53. The maximum absolute atomic E-state index is 12.0. The summed E-state index contributed by atoms with van der Waals surface area (Å²) in [5.41, 5.74) is 0. The Hall–Kier alpha value is -0.570. The molecule has 1 unspecified atom stereocenters. The molecule has 0 bridgehead atoms. The Bertz CT molecular complexity index is 228. The van der Waals surface area contributed by atoms with Gasteiger partial charge in [-0.1, -0.05) is 52.9 Å². The van der Waals surface area contributed by atoms with Crippen molar-refractivity contribution in [2.45, 2.75) is 65.3 Å². The van der Waals surface area contributed by atoms with Crippen molar-refractivity contribution in [1.29, 1.82) is 0 Å². The molecule has 1 saturated heterocycles. The molecule has 1 N–H and O–H groups in total. The number of hydrogen-bond donors (Lipinski definition) is 1. The predicted molar refractivity (Wildman–Crippen MR) is 71.7 cm³/mol. The zero-order valence-electron chi connectivity index (χ0n) is 11.7. The molecule has 0 aromatic carbocycles. The fourth-order valence-corrected chi connectivity index (χ4v) is 2.36. The van der Waals surface area contributed by atoms with E-state index in [4.69, 9.17) is 0 Å². The van der Waals surface area contributed by atoms with Crippen molar-refractivity contribution < 1.29 is 4.79 Å². The van der Waals surface area contributed by atoms with E-state index in [9.17, 15) is 4.79 Å². The van der Waals surface area contributed by atoms with Crippen LogP contribution in [0.2, 0.25) is 0 Å². The summed E-state index contributed by atoms with van der Waals surface area (Å²) in [6.07, 6.45) is 7.72. The predicted octanol–water partition coefficient (Wildman–Crippen LogP) is 2.76. The monoisotopic (exact) mass is 240 g/mol. The minimum atomic E-state index is 0.0510. The van der Waals surface area contributed by atoms with Crippen molar-refractivity contribution in [2.75, 3.05) is 13.2 Å². The number of hydrogen-bond acceptors (Lipinski definition) is 2. The fourth-order valence-electron chi connectivity index (χ4n) is 2.36. The number of nitrogens with zero attached hydrogens (tertiary/aromatic N) is 1. The molecule has 0 aliphatic carbocycles. The van der Waals surface area contributed by atoms with E-state index in [1.807, 2.05) is 4.90 Å². The minimum Gasteiger partial charge on any atom is -0.329 e. The number of nitrogens with one attached hydrogen (secondary N) is 1. The second-order valence-corrected chi connectivity index (χ2v) is 5.45. The molecule has 1 heterocycles. The van der Waals surface area contributed by atoms with Gasteiger partial charge in [-0.05, 0) is 12.3 Å². The number of rotatable bonds is 8. The van der Waals surface area contributed by atoms with E-state index in [2.05, 4.69) is 26.1 Å². The Morgan fingerprint density at radius 1 is 1.24 bits per heavy atom. The lowest BCUT2D eigenvalue weighted by Crippen LogP contribution is -2.34. The van der Waals surface area contributed by atoms with Gasteiger partial charge in [-0.2, -0.15) is 0 Å². The summed E-state index contributed by atoms with van der Waals surface area (Å²) in [5.74, 6) is 0.700. The molecular weight excluding hydrogens is 212 g/mol. The third kappa shape index (κ3) is 4.66. The molecule has 1 fully saturated rings. The van der Waals surface area contributed by atoms with Crippen LogP contribution in [0, 0.1) is 5.92 Å². The van der Waals surface area contributed by atoms with Crippen LogP contribution in [-0.2, 0) is 4.79 Å². The summed E-state index contributed by atoms with van der Waals surface area (Å²) in [7, 11) is 0. The van der Waals surface area contributed by atoms with Gasteiger partial charge in [-0.3, -0.25) is 10.1 Å². The highest BCUT2D eigenvalue weighted by molar-refractivity contribution is 5.83. The molecule has 1 atom stereocenters. The standard InChI is InChI=1S/C14H28N2O/c1-4-5-6-7-8-9-10-16-11-15-13(12(2)3)14(16)17/h12-13,15H,4-11H2,1-3H3. The lowest BCUT2D eigenvalue weighted by Gasteiger charge is -2.16. The minimum absolute atomic E-state index is 0.0510. The Balaban J connectivity index is 2.10. The molecule has 0 radical (unpaired) electrons. The van der Waals surface area contributed by atoms with Gasteiger partial charge in [0, 0.05) is 6.54 Å². The van der Waals surface area contributed by atoms with Crippen LogP contribution in [-0.4, -0.2) is 30.1 Å². The van der Waals surface area contributed by atoms with Crippen LogP contribution in [0.15, 0.2) is 0 Å². The Morgan fingerprint density at radius 2 is 1.88 bits per heavy atom. The maximum Gasteiger partial charge on any atom is 0.241 e. The van der Waals surface area contributed by atoms with E-state index in [1.54, 1.807) is 0 Å². The largest absolute Gasteiger partial charge is 0.329 e. The lowest BCUT2D eigenvalue weighted by molar-refractivity contribution is -0.129. The molecule has 0 aromatic rings. The van der Waals surface area contributed by atoms with E-state index in [-0.39, 0.29) is 6.04 Å². The maximum atomic E-state index is 12.0. The van der Waals surface area contributed by atoms with E-state index < -0.39 is 0 Å². The first-order valence-corrected chi connectivity index (χ1v) is 7.19. The first-order chi connectivity index (χ1) is 8.16. The summed E-state index contributed by atoms with van der Waals surface area (Å²) in [6, 6.07) is 0.0510. The molecule has 0 aromatic heterocycles. The van der Waals surface area contributed by atoms with Crippen molar-refractivity contribution in [1.82, 2.24) is 10.2 Å². The smallest absolute Gasteiger partial charge is 0.241 e. The molecule has 17 heavy (non-hydrogen) atoms. The zero-order chi connectivity index (χ0) is 12.7. The summed E-state index contributed by atoms with van der Waals surface area (Å²) in [5, 5.41) is 3.29. The Labute approximate surface area is 106 Å². The van der Waals surface area contributed by atoms with Crippen LogP contribution >= 0.6 is 0 Å². The van der Waals surface area contributed by atoms with Gasteiger partial charge in [0.15, 0.2) is 0 Å². The van der Waals surface area contributed by atoms with E-state index in [0.29, 0.717) is 11.8 Å². The SMILES string of the molecule is CCCCCCCCN1CNC(C(C)C)C1=O. The summed E-state index contributed by atoms with van der Waals surface area (Å²) in [6.45, 7) is 8.12. The van der Waals surface area contributed by atoms with Crippen LogP contribution in [0.1, 0.15) is 59.3 Å². The van der Waals surface area contributed by atoms with Crippen molar-refractivity contribution in [3.63, 3.8) is 0 Å². The average molecular weight is 240 g/mol. The van der Waals surface area contributed by atoms with Gasteiger partial charge in [0.25, 0.3) is 0 Å². The highest BCUT2D eigenvalue weighted by atomic mass is 16.2. The van der Waals surface area contributed by atoms with E-state index in [1.165, 1.54) is 32.1 Å². The van der Waals surface area contributed by atoms with Gasteiger partial charge in [0.1, 0.15) is 0 Å². The van der Waals surface area contributed by atoms with Gasteiger partial charge >= 0.3 is 0 Å². The number of unbranched alkanes of at least 4 members (excludes halogenated alkanes) is 5. The van der Waals surface area contributed by atoms with Gasteiger partial charge in [0.05, 0.1) is 12.7 Å². The zero-order valence-corrected chi connectivity index (χ0v) is 11.7. The van der Waals surface area contributed by atoms with Crippen LogP contribution < -0.4 is 5.32 Å². The number of carbonyl (C=O) groups is 1. The van der Waals surface area contributed by atoms with Crippen molar-refractivity contribution in [2.24, 2.45) is 5.92 Å². The number of amides is 1. The Kier molecular flexibility index (Phi) is 6.56. The van der Waals surface area contributed by atoms with Crippen LogP contribution in [0.5, 0.6) is 0 Å². The van der Waals surface area contributed by atoms with Crippen molar-refractivity contribution in [3.8, 4) is 0 Å². The third-order valence-corrected chi connectivity index (χ3v) is 3.53. The van der Waals surface area contributed by atoms with Gasteiger partial charge in [-0.15, -0.1) is 0 Å². The second kappa shape index (κ2) is 7.70. The number of carbonyl (C=O) groups excluding carboxylic acids is 1. The average Bonchev–Trinajstić information content (AvgIpc) is 2.65. The molecule has 0 saturated carbocycles. The summed E-state index contributed by atoms with van der Waals surface area (Å²) < 4.78 is 0. The molecule has 1 aliphatic heterocycles. The first-order valence-electron chi connectivity index (χ1n) is 7.19. The highest BCUT2D eigenvalue weighted by Crippen LogP contribution is 2.13. The van der Waals surface area contributed by atoms with Gasteiger partial charge in [0.2, 0.25) is 5.91 Å². The molecule has 1 rings (SSSR count). The van der Waals surface area contributed by atoms with Gasteiger partial charge < -0.3 is 4.90 Å². The van der Waals surface area contributed by atoms with Crippen LogP contribution in [0.4, 0.5) is 0 Å². The second-order valence-electron chi connectivity index (χ2n) is 5.45. The van der Waals surface area contributed by atoms with Crippen molar-refractivity contribution in [3.05, 3.63) is 0 Å². The molecule has 3 heteroatoms. The van der Waals surface area contributed by atoms with Crippen LogP contribution in [0.3, 0.4) is 0 Å². The van der Waals surface area contributed by atoms with E-state index >= 15 is 0 Å². The fraction of sp³-hybridized carbons (Fsp3) is 0.929. The molecule has 0 spiro atoms. The molecule has 100 valence electrons. The topological polar surface area (TPSA) is 32.3 Å². The summed E-state index contributed by atoms with van der Waals surface area (Å²) >= 11 is 0. The quantitative estimate of drug-likeness (QED) is 0.662. The normalized spacial score (nSPS) is 20.6. The lowest BCUT2D eigenvalue weighted by atomic mass is 10.0.